The van der Waals surface area contributed by atoms with E-state index >= 15 is 0 Å². The minimum atomic E-state index is 0.483. The summed E-state index contributed by atoms with van der Waals surface area (Å²) in [6.45, 7) is 6.74. The van der Waals surface area contributed by atoms with Gasteiger partial charge < -0.3 is 4.74 Å². The number of hydrogen-bond donors (Lipinski definition) is 0. The first-order valence-corrected chi connectivity index (χ1v) is 8.12. The molecule has 0 saturated carbocycles. The molecule has 1 fully saturated rings. The fourth-order valence-corrected chi connectivity index (χ4v) is 4.30. The summed E-state index contributed by atoms with van der Waals surface area (Å²) < 4.78 is 5.85. The van der Waals surface area contributed by atoms with Crippen LogP contribution in [-0.2, 0) is 4.74 Å². The quantitative estimate of drug-likeness (QED) is 0.508. The second-order valence-electron chi connectivity index (χ2n) is 4.16. The van der Waals surface area contributed by atoms with Gasteiger partial charge in [0, 0.05) is 11.5 Å². The summed E-state index contributed by atoms with van der Waals surface area (Å²) >= 11 is 0. The van der Waals surface area contributed by atoms with Crippen LogP contribution in [-0.4, -0.2) is 23.7 Å². The maximum Gasteiger partial charge on any atom is 0.0703 e. The van der Waals surface area contributed by atoms with Crippen molar-refractivity contribution < 1.29 is 4.74 Å². The molecule has 0 aromatic rings. The fraction of sp³-hybridized carbons (Fsp3) is 1.00. The van der Waals surface area contributed by atoms with Crippen LogP contribution in [0.2, 0.25) is 0 Å². The van der Waals surface area contributed by atoms with Gasteiger partial charge in [-0.1, -0.05) is 41.9 Å². The van der Waals surface area contributed by atoms with Crippen LogP contribution in [0.1, 0.15) is 40.0 Å². The van der Waals surface area contributed by atoms with E-state index in [2.05, 4.69) is 20.8 Å². The van der Waals surface area contributed by atoms with E-state index in [4.69, 9.17) is 4.74 Å². The molecular formula is C11H22OS2. The highest BCUT2D eigenvalue weighted by molar-refractivity contribution is 8.76. The third-order valence-corrected chi connectivity index (χ3v) is 5.14. The molecule has 1 saturated heterocycles. The molecule has 0 aliphatic carbocycles. The Labute approximate surface area is 96.1 Å². The van der Waals surface area contributed by atoms with Gasteiger partial charge in [0.25, 0.3) is 0 Å². The van der Waals surface area contributed by atoms with Crippen molar-refractivity contribution in [1.29, 1.82) is 0 Å². The normalized spacial score (nSPS) is 32.4. The Morgan fingerprint density at radius 2 is 2.07 bits per heavy atom. The molecule has 14 heavy (non-hydrogen) atoms. The molecule has 1 rings (SSSR count). The van der Waals surface area contributed by atoms with Crippen molar-refractivity contribution in [3.8, 4) is 0 Å². The average Bonchev–Trinajstić information content (AvgIpc) is 2.45. The predicted octanol–water partition coefficient (Wildman–Crippen LogP) is 3.98. The fourth-order valence-electron chi connectivity index (χ4n) is 1.74. The van der Waals surface area contributed by atoms with Gasteiger partial charge in [0.2, 0.25) is 0 Å². The molecule has 1 aliphatic rings. The van der Waals surface area contributed by atoms with Crippen LogP contribution in [0.5, 0.6) is 0 Å². The van der Waals surface area contributed by atoms with Crippen LogP contribution in [0.25, 0.3) is 0 Å². The molecule has 1 unspecified atom stereocenters. The van der Waals surface area contributed by atoms with Crippen molar-refractivity contribution in [3.63, 3.8) is 0 Å². The van der Waals surface area contributed by atoms with Crippen LogP contribution >= 0.6 is 21.6 Å². The van der Waals surface area contributed by atoms with Crippen LogP contribution in [0.3, 0.4) is 0 Å². The van der Waals surface area contributed by atoms with Gasteiger partial charge in [0.15, 0.2) is 0 Å². The van der Waals surface area contributed by atoms with E-state index in [0.29, 0.717) is 12.2 Å². The molecule has 0 N–H and O–H groups in total. The Kier molecular flexibility index (Phi) is 6.38. The lowest BCUT2D eigenvalue weighted by Gasteiger charge is -2.13. The molecule has 84 valence electrons. The summed E-state index contributed by atoms with van der Waals surface area (Å²) in [5, 5.41) is 0. The monoisotopic (exact) mass is 234 g/mol. The van der Waals surface area contributed by atoms with Crippen LogP contribution in [0, 0.1) is 5.92 Å². The Morgan fingerprint density at radius 3 is 2.64 bits per heavy atom. The highest BCUT2D eigenvalue weighted by atomic mass is 33.1. The molecule has 1 nitrogen and oxygen atoms in total. The van der Waals surface area contributed by atoms with Gasteiger partial charge in [0.05, 0.1) is 12.2 Å². The number of hydrogen-bond acceptors (Lipinski definition) is 3. The first-order chi connectivity index (χ1) is 6.74. The highest BCUT2D eigenvalue weighted by Gasteiger charge is 2.29. The molecule has 0 amide bonds. The van der Waals surface area contributed by atoms with Crippen molar-refractivity contribution in [2.24, 2.45) is 5.92 Å². The zero-order valence-corrected chi connectivity index (χ0v) is 11.1. The SMILES string of the molecule is CCCCSSC[C@H]1O[C@@H](C)CC1C. The number of rotatable bonds is 6. The Morgan fingerprint density at radius 1 is 1.29 bits per heavy atom. The summed E-state index contributed by atoms with van der Waals surface area (Å²) in [5.41, 5.74) is 0. The van der Waals surface area contributed by atoms with Crippen molar-refractivity contribution in [1.82, 2.24) is 0 Å². The zero-order chi connectivity index (χ0) is 10.4. The first-order valence-electron chi connectivity index (χ1n) is 5.64. The molecule has 0 bridgehead atoms. The summed E-state index contributed by atoms with van der Waals surface area (Å²) in [4.78, 5) is 0. The second-order valence-corrected chi connectivity index (χ2v) is 6.79. The zero-order valence-electron chi connectivity index (χ0n) is 9.49. The van der Waals surface area contributed by atoms with Crippen molar-refractivity contribution in [2.45, 2.75) is 52.2 Å². The van der Waals surface area contributed by atoms with Gasteiger partial charge in [-0.2, -0.15) is 0 Å². The maximum absolute atomic E-state index is 5.85. The minimum Gasteiger partial charge on any atom is -0.374 e. The van der Waals surface area contributed by atoms with Gasteiger partial charge in [-0.15, -0.1) is 0 Å². The van der Waals surface area contributed by atoms with E-state index in [1.54, 1.807) is 0 Å². The topological polar surface area (TPSA) is 9.23 Å². The molecule has 0 aromatic carbocycles. The molecule has 0 spiro atoms. The largest absolute Gasteiger partial charge is 0.374 e. The molecule has 0 aromatic heterocycles. The first kappa shape index (κ1) is 12.7. The number of unbranched alkanes of at least 4 members (excludes halogenated alkanes) is 1. The van der Waals surface area contributed by atoms with Gasteiger partial charge in [0.1, 0.15) is 0 Å². The van der Waals surface area contributed by atoms with E-state index in [1.165, 1.54) is 30.8 Å². The lowest BCUT2D eigenvalue weighted by Crippen LogP contribution is -2.16. The molecular weight excluding hydrogens is 212 g/mol. The standard InChI is InChI=1S/C11H22OS2/c1-4-5-6-13-14-8-11-9(2)7-10(3)12-11/h9-11H,4-8H2,1-3H3/t9?,10-,11+/m0/s1. The van der Waals surface area contributed by atoms with Crippen LogP contribution < -0.4 is 0 Å². The van der Waals surface area contributed by atoms with E-state index in [1.807, 2.05) is 21.6 Å². The Hall–Kier alpha value is 0.660. The number of ether oxygens (including phenoxy) is 1. The summed E-state index contributed by atoms with van der Waals surface area (Å²) in [5.74, 6) is 3.21. The molecule has 0 radical (unpaired) electrons. The minimum absolute atomic E-state index is 0.483. The van der Waals surface area contributed by atoms with Crippen LogP contribution in [0.4, 0.5) is 0 Å². The van der Waals surface area contributed by atoms with Gasteiger partial charge in [-0.25, -0.2) is 0 Å². The third-order valence-electron chi connectivity index (χ3n) is 2.64. The van der Waals surface area contributed by atoms with Gasteiger partial charge >= 0.3 is 0 Å². The van der Waals surface area contributed by atoms with Crippen molar-refractivity contribution in [3.05, 3.63) is 0 Å². The van der Waals surface area contributed by atoms with Crippen LogP contribution in [0.15, 0.2) is 0 Å². The highest BCUT2D eigenvalue weighted by Crippen LogP contribution is 2.32. The average molecular weight is 234 g/mol. The molecule has 1 heterocycles. The summed E-state index contributed by atoms with van der Waals surface area (Å²) in [6, 6.07) is 0. The van der Waals surface area contributed by atoms with E-state index in [0.717, 1.165) is 5.92 Å². The van der Waals surface area contributed by atoms with E-state index in [9.17, 15) is 0 Å². The molecule has 3 atom stereocenters. The summed E-state index contributed by atoms with van der Waals surface area (Å²) in [7, 11) is 3.99. The van der Waals surface area contributed by atoms with E-state index < -0.39 is 0 Å². The maximum atomic E-state index is 5.85. The molecule has 1 aliphatic heterocycles. The van der Waals surface area contributed by atoms with Crippen molar-refractivity contribution in [2.75, 3.05) is 11.5 Å². The van der Waals surface area contributed by atoms with Gasteiger partial charge in [-0.3, -0.25) is 0 Å². The summed E-state index contributed by atoms with van der Waals surface area (Å²) in [6.07, 6.45) is 4.88. The third kappa shape index (κ3) is 4.45. The molecule has 3 heteroatoms. The Balaban J connectivity index is 2.01. The van der Waals surface area contributed by atoms with Gasteiger partial charge in [-0.05, 0) is 25.7 Å². The smallest absolute Gasteiger partial charge is 0.0703 e. The van der Waals surface area contributed by atoms with E-state index in [-0.39, 0.29) is 0 Å². The Bertz CT molecular complexity index is 152. The second kappa shape index (κ2) is 7.02. The lowest BCUT2D eigenvalue weighted by molar-refractivity contribution is 0.0611. The predicted molar refractivity (Wildman–Crippen MR) is 67.9 cm³/mol. The lowest BCUT2D eigenvalue weighted by atomic mass is 10.0. The van der Waals surface area contributed by atoms with Crippen molar-refractivity contribution >= 4 is 21.6 Å².